The van der Waals surface area contributed by atoms with Gasteiger partial charge in [0.15, 0.2) is 0 Å². The summed E-state index contributed by atoms with van der Waals surface area (Å²) < 4.78 is 7.48. The van der Waals surface area contributed by atoms with Crippen molar-refractivity contribution in [1.82, 2.24) is 9.13 Å². The van der Waals surface area contributed by atoms with E-state index in [0.29, 0.717) is 0 Å². The van der Waals surface area contributed by atoms with Crippen LogP contribution >= 0.6 is 11.3 Å². The number of thiophene rings is 1. The van der Waals surface area contributed by atoms with Crippen molar-refractivity contribution in [2.24, 2.45) is 0 Å². The summed E-state index contributed by atoms with van der Waals surface area (Å²) in [6.45, 7) is 0. The molecule has 10 aromatic carbocycles. The molecule has 0 saturated carbocycles. The standard InChI is InChI=1S/C60H39N3S/c1-4-19-40(20-5-1)42-37-50(41-21-6-2-7-22-41)59-51(38-42)48-30-17-34-55(60(48)63(59)43-23-8-3-9-24-43)62(54-33-18-36-57-58(54)49-29-12-15-35-56(49)64-57)45-26-16-25-44(39-45)61-52-31-13-10-27-46(52)47-28-11-14-32-53(47)61/h1-39H. The number of hydrogen-bond donors (Lipinski definition) is 0. The third kappa shape index (κ3) is 5.66. The lowest BCUT2D eigenvalue weighted by molar-refractivity contribution is 1.16. The van der Waals surface area contributed by atoms with Gasteiger partial charge in [0, 0.05) is 64.3 Å². The third-order valence-electron chi connectivity index (χ3n) is 12.9. The van der Waals surface area contributed by atoms with Crippen molar-refractivity contribution in [3.63, 3.8) is 0 Å². The lowest BCUT2D eigenvalue weighted by Gasteiger charge is -2.28. The van der Waals surface area contributed by atoms with E-state index in [1.54, 1.807) is 0 Å². The molecule has 4 heteroatoms. The van der Waals surface area contributed by atoms with E-state index < -0.39 is 0 Å². The van der Waals surface area contributed by atoms with Crippen LogP contribution in [0.5, 0.6) is 0 Å². The van der Waals surface area contributed by atoms with Gasteiger partial charge in [-0.1, -0.05) is 158 Å². The van der Waals surface area contributed by atoms with Gasteiger partial charge in [0.25, 0.3) is 0 Å². The fourth-order valence-electron chi connectivity index (χ4n) is 10.1. The van der Waals surface area contributed by atoms with E-state index in [1.165, 1.54) is 80.5 Å². The van der Waals surface area contributed by atoms with Gasteiger partial charge in [-0.3, -0.25) is 0 Å². The van der Waals surface area contributed by atoms with Gasteiger partial charge < -0.3 is 14.0 Å². The molecule has 0 amide bonds. The first-order chi connectivity index (χ1) is 31.8. The molecule has 13 rings (SSSR count). The molecule has 0 fully saturated rings. The highest BCUT2D eigenvalue weighted by Crippen LogP contribution is 2.50. The molecular formula is C60H39N3S. The molecule has 0 radical (unpaired) electrons. The van der Waals surface area contributed by atoms with Crippen molar-refractivity contribution in [3.05, 3.63) is 237 Å². The van der Waals surface area contributed by atoms with Crippen LogP contribution in [0, 0.1) is 0 Å². The molecule has 3 aromatic heterocycles. The number of aromatic nitrogens is 2. The maximum atomic E-state index is 2.53. The highest BCUT2D eigenvalue weighted by atomic mass is 32.1. The predicted octanol–water partition coefficient (Wildman–Crippen LogP) is 17.1. The highest BCUT2D eigenvalue weighted by molar-refractivity contribution is 7.26. The predicted molar refractivity (Wildman–Crippen MR) is 274 cm³/mol. The molecule has 0 aliphatic rings. The summed E-state index contributed by atoms with van der Waals surface area (Å²) in [5.74, 6) is 0. The van der Waals surface area contributed by atoms with Crippen molar-refractivity contribution in [3.8, 4) is 33.6 Å². The van der Waals surface area contributed by atoms with Gasteiger partial charge >= 0.3 is 0 Å². The summed E-state index contributed by atoms with van der Waals surface area (Å²) in [7, 11) is 0. The first-order valence-electron chi connectivity index (χ1n) is 21.8. The van der Waals surface area contributed by atoms with Gasteiger partial charge in [-0.15, -0.1) is 11.3 Å². The molecular weight excluding hydrogens is 795 g/mol. The quantitative estimate of drug-likeness (QED) is 0.156. The van der Waals surface area contributed by atoms with Gasteiger partial charge in [-0.2, -0.15) is 0 Å². The van der Waals surface area contributed by atoms with Gasteiger partial charge in [-0.25, -0.2) is 0 Å². The number of hydrogen-bond acceptors (Lipinski definition) is 2. The molecule has 0 aliphatic carbocycles. The molecule has 3 heterocycles. The second-order valence-electron chi connectivity index (χ2n) is 16.5. The maximum absolute atomic E-state index is 2.53. The van der Waals surface area contributed by atoms with E-state index in [4.69, 9.17) is 0 Å². The number of fused-ring (bicyclic) bond motifs is 9. The number of anilines is 3. The van der Waals surface area contributed by atoms with Crippen LogP contribution in [-0.2, 0) is 0 Å². The van der Waals surface area contributed by atoms with Crippen LogP contribution in [0.3, 0.4) is 0 Å². The first kappa shape index (κ1) is 36.5. The minimum Gasteiger partial charge on any atom is -0.309 e. The average Bonchev–Trinajstić information content (AvgIpc) is 4.03. The maximum Gasteiger partial charge on any atom is 0.0782 e. The van der Waals surface area contributed by atoms with Crippen molar-refractivity contribution in [2.45, 2.75) is 0 Å². The largest absolute Gasteiger partial charge is 0.309 e. The van der Waals surface area contributed by atoms with E-state index in [9.17, 15) is 0 Å². The molecule has 64 heavy (non-hydrogen) atoms. The minimum absolute atomic E-state index is 1.08. The topological polar surface area (TPSA) is 13.1 Å². The lowest BCUT2D eigenvalue weighted by atomic mass is 9.95. The highest BCUT2D eigenvalue weighted by Gasteiger charge is 2.26. The second-order valence-corrected chi connectivity index (χ2v) is 17.6. The molecule has 0 unspecified atom stereocenters. The van der Waals surface area contributed by atoms with Gasteiger partial charge in [-0.05, 0) is 95.6 Å². The Morgan fingerprint density at radius 2 is 0.891 bits per heavy atom. The average molecular weight is 834 g/mol. The van der Waals surface area contributed by atoms with Gasteiger partial charge in [0.05, 0.1) is 33.4 Å². The van der Waals surface area contributed by atoms with Gasteiger partial charge in [0.2, 0.25) is 0 Å². The Labute approximate surface area is 374 Å². The number of nitrogens with zero attached hydrogens (tertiary/aromatic N) is 3. The van der Waals surface area contributed by atoms with E-state index in [-0.39, 0.29) is 0 Å². The van der Waals surface area contributed by atoms with Crippen LogP contribution in [-0.4, -0.2) is 9.13 Å². The monoisotopic (exact) mass is 833 g/mol. The Balaban J connectivity index is 1.17. The number of benzene rings is 10. The van der Waals surface area contributed by atoms with Crippen molar-refractivity contribution in [1.29, 1.82) is 0 Å². The number of para-hydroxylation sites is 4. The lowest BCUT2D eigenvalue weighted by Crippen LogP contribution is -2.12. The molecule has 0 atom stereocenters. The summed E-state index contributed by atoms with van der Waals surface area (Å²) in [4.78, 5) is 2.53. The van der Waals surface area contributed by atoms with Crippen LogP contribution in [0.25, 0.3) is 97.4 Å². The van der Waals surface area contributed by atoms with E-state index in [2.05, 4.69) is 251 Å². The Kier molecular flexibility index (Phi) is 8.40. The van der Waals surface area contributed by atoms with Crippen molar-refractivity contribution < 1.29 is 0 Å². The van der Waals surface area contributed by atoms with Crippen molar-refractivity contribution in [2.75, 3.05) is 4.90 Å². The van der Waals surface area contributed by atoms with Crippen LogP contribution in [0.15, 0.2) is 237 Å². The Morgan fingerprint density at radius 3 is 1.64 bits per heavy atom. The smallest absolute Gasteiger partial charge is 0.0782 e. The zero-order valence-electron chi connectivity index (χ0n) is 34.8. The first-order valence-corrected chi connectivity index (χ1v) is 22.7. The Morgan fingerprint density at radius 1 is 0.328 bits per heavy atom. The summed E-state index contributed by atoms with van der Waals surface area (Å²) in [5, 5.41) is 7.40. The van der Waals surface area contributed by atoms with Crippen molar-refractivity contribution >= 4 is 92.2 Å². The fourth-order valence-corrected chi connectivity index (χ4v) is 11.3. The Hall–Kier alpha value is -8.18. The van der Waals surface area contributed by atoms with Crippen LogP contribution in [0.1, 0.15) is 0 Å². The summed E-state index contributed by atoms with van der Waals surface area (Å²) in [5.41, 5.74) is 15.0. The zero-order chi connectivity index (χ0) is 42.1. The van der Waals surface area contributed by atoms with E-state index in [0.717, 1.165) is 34.0 Å². The molecule has 3 nitrogen and oxygen atoms in total. The molecule has 0 N–H and O–H groups in total. The number of rotatable bonds is 7. The molecule has 300 valence electrons. The SMILES string of the molecule is c1ccc(-c2cc(-c3ccccc3)c3c(c2)c2cccc(N(c4cccc(-n5c6ccccc6c6ccccc65)c4)c4cccc5sc6ccccc6c45)c2n3-c2ccccc2)cc1. The molecule has 0 bridgehead atoms. The summed E-state index contributed by atoms with van der Waals surface area (Å²) in [6, 6.07) is 86.6. The van der Waals surface area contributed by atoms with Crippen LogP contribution in [0.2, 0.25) is 0 Å². The van der Waals surface area contributed by atoms with E-state index >= 15 is 0 Å². The summed E-state index contributed by atoms with van der Waals surface area (Å²) in [6.07, 6.45) is 0. The summed E-state index contributed by atoms with van der Waals surface area (Å²) >= 11 is 1.86. The molecule has 0 aliphatic heterocycles. The minimum atomic E-state index is 1.08. The van der Waals surface area contributed by atoms with E-state index in [1.807, 2.05) is 11.3 Å². The van der Waals surface area contributed by atoms with Gasteiger partial charge in [0.1, 0.15) is 0 Å². The Bertz CT molecular complexity index is 3840. The van der Waals surface area contributed by atoms with Crippen LogP contribution in [0.4, 0.5) is 17.1 Å². The second kappa shape index (κ2) is 14.7. The third-order valence-corrected chi connectivity index (χ3v) is 14.0. The molecule has 0 saturated heterocycles. The molecule has 13 aromatic rings. The molecule has 0 spiro atoms. The zero-order valence-corrected chi connectivity index (χ0v) is 35.6. The normalized spacial score (nSPS) is 11.8. The fraction of sp³-hybridized carbons (Fsp3) is 0. The van der Waals surface area contributed by atoms with Crippen LogP contribution < -0.4 is 4.90 Å².